The normalized spacial score (nSPS) is 12.2. The van der Waals surface area contributed by atoms with Gasteiger partial charge < -0.3 is 15.5 Å². The number of nitrogens with one attached hydrogen (secondary N) is 1. The Bertz CT molecular complexity index is 366. The van der Waals surface area contributed by atoms with Gasteiger partial charge in [0.05, 0.1) is 16.7 Å². The number of amides is 1. The zero-order valence-electron chi connectivity index (χ0n) is 8.20. The zero-order valence-corrected chi connectivity index (χ0v) is 8.95. The Kier molecular flexibility index (Phi) is 3.94. The van der Waals surface area contributed by atoms with Crippen LogP contribution in [-0.2, 0) is 0 Å². The molecule has 1 atom stereocenters. The summed E-state index contributed by atoms with van der Waals surface area (Å²) in [5.41, 5.74) is 0.192. The summed E-state index contributed by atoms with van der Waals surface area (Å²) in [4.78, 5) is 11.5. The number of aliphatic hydroxyl groups excluding tert-OH is 1. The highest BCUT2D eigenvalue weighted by Gasteiger charge is 2.11. The summed E-state index contributed by atoms with van der Waals surface area (Å²) in [5.74, 6) is -0.446. The van der Waals surface area contributed by atoms with E-state index >= 15 is 0 Å². The van der Waals surface area contributed by atoms with E-state index in [4.69, 9.17) is 16.7 Å². The quantitative estimate of drug-likeness (QED) is 0.729. The molecule has 1 aromatic rings. The Morgan fingerprint density at radius 3 is 2.87 bits per heavy atom. The summed E-state index contributed by atoms with van der Waals surface area (Å²) >= 11 is 5.77. The second-order valence-electron chi connectivity index (χ2n) is 3.22. The van der Waals surface area contributed by atoms with Crippen molar-refractivity contribution in [2.75, 3.05) is 6.54 Å². The van der Waals surface area contributed by atoms with Crippen molar-refractivity contribution in [1.82, 2.24) is 5.32 Å². The number of phenols is 1. The fourth-order valence-electron chi connectivity index (χ4n) is 1.02. The predicted octanol–water partition coefficient (Wildman–Crippen LogP) is 1.16. The van der Waals surface area contributed by atoms with E-state index in [0.29, 0.717) is 0 Å². The van der Waals surface area contributed by atoms with Crippen LogP contribution >= 0.6 is 11.6 Å². The molecular formula is C10H12ClNO3. The lowest BCUT2D eigenvalue weighted by Crippen LogP contribution is -2.30. The number of phenolic OH excluding ortho intramolecular Hbond substituents is 1. The van der Waals surface area contributed by atoms with Gasteiger partial charge in [-0.3, -0.25) is 4.79 Å². The molecule has 0 saturated carbocycles. The van der Waals surface area contributed by atoms with E-state index in [9.17, 15) is 9.90 Å². The third-order valence-corrected chi connectivity index (χ3v) is 2.08. The van der Waals surface area contributed by atoms with Gasteiger partial charge in [0, 0.05) is 6.54 Å². The third kappa shape index (κ3) is 3.42. The maximum absolute atomic E-state index is 11.5. The van der Waals surface area contributed by atoms with Gasteiger partial charge in [-0.05, 0) is 25.1 Å². The molecular weight excluding hydrogens is 218 g/mol. The molecule has 0 aliphatic carbocycles. The summed E-state index contributed by atoms with van der Waals surface area (Å²) in [6.07, 6.45) is -0.620. The highest BCUT2D eigenvalue weighted by Crippen LogP contribution is 2.20. The molecule has 0 heterocycles. The van der Waals surface area contributed by atoms with Crippen LogP contribution in [0.4, 0.5) is 0 Å². The topological polar surface area (TPSA) is 69.6 Å². The van der Waals surface area contributed by atoms with Gasteiger partial charge in [-0.1, -0.05) is 11.6 Å². The van der Waals surface area contributed by atoms with Gasteiger partial charge >= 0.3 is 0 Å². The van der Waals surface area contributed by atoms with Crippen molar-refractivity contribution in [2.45, 2.75) is 13.0 Å². The molecule has 1 rings (SSSR count). The number of carbonyl (C=O) groups excluding carboxylic acids is 1. The summed E-state index contributed by atoms with van der Waals surface area (Å²) in [6, 6.07) is 4.11. The molecule has 0 saturated heterocycles. The molecule has 0 aromatic heterocycles. The second-order valence-corrected chi connectivity index (χ2v) is 3.63. The van der Waals surface area contributed by atoms with Crippen LogP contribution in [0.3, 0.4) is 0 Å². The first-order chi connectivity index (χ1) is 7.00. The maximum Gasteiger partial charge on any atom is 0.253 e. The Morgan fingerprint density at radius 1 is 1.60 bits per heavy atom. The number of benzene rings is 1. The minimum atomic E-state index is -0.620. The molecule has 0 fully saturated rings. The number of aromatic hydroxyl groups is 1. The smallest absolute Gasteiger partial charge is 0.253 e. The molecule has 4 nitrogen and oxygen atoms in total. The van der Waals surface area contributed by atoms with Crippen LogP contribution < -0.4 is 5.32 Å². The molecule has 15 heavy (non-hydrogen) atoms. The minimum absolute atomic E-state index is 0.0263. The van der Waals surface area contributed by atoms with Crippen molar-refractivity contribution >= 4 is 17.5 Å². The Balaban J connectivity index is 2.77. The molecule has 1 amide bonds. The third-order valence-electron chi connectivity index (χ3n) is 1.75. The van der Waals surface area contributed by atoms with Crippen molar-refractivity contribution < 1.29 is 15.0 Å². The number of aliphatic hydroxyl groups is 1. The molecule has 1 unspecified atom stereocenters. The van der Waals surface area contributed by atoms with Gasteiger partial charge in [-0.2, -0.15) is 0 Å². The van der Waals surface area contributed by atoms with Crippen molar-refractivity contribution in [3.63, 3.8) is 0 Å². The van der Waals surface area contributed by atoms with Gasteiger partial charge in [-0.25, -0.2) is 0 Å². The van der Waals surface area contributed by atoms with E-state index in [1.165, 1.54) is 18.2 Å². The van der Waals surface area contributed by atoms with Gasteiger partial charge in [0.1, 0.15) is 5.75 Å². The Hall–Kier alpha value is -1.26. The standard InChI is InChI=1S/C10H12ClNO3/c1-6(13)5-12-10(15)8-4-7(14)2-3-9(8)11/h2-4,6,13-14H,5H2,1H3,(H,12,15). The molecule has 0 bridgehead atoms. The molecule has 0 aliphatic rings. The van der Waals surface area contributed by atoms with Crippen LogP contribution in [0.5, 0.6) is 5.75 Å². The Labute approximate surface area is 92.5 Å². The highest BCUT2D eigenvalue weighted by molar-refractivity contribution is 6.33. The fourth-order valence-corrected chi connectivity index (χ4v) is 1.23. The van der Waals surface area contributed by atoms with Crippen LogP contribution in [0, 0.1) is 0 Å². The first kappa shape index (κ1) is 11.8. The average molecular weight is 230 g/mol. The number of carbonyl (C=O) groups is 1. The molecule has 0 aliphatic heterocycles. The molecule has 0 spiro atoms. The van der Waals surface area contributed by atoms with Gasteiger partial charge in [0.15, 0.2) is 0 Å². The van der Waals surface area contributed by atoms with E-state index < -0.39 is 12.0 Å². The average Bonchev–Trinajstić information content (AvgIpc) is 2.18. The predicted molar refractivity (Wildman–Crippen MR) is 57.1 cm³/mol. The number of rotatable bonds is 3. The van der Waals surface area contributed by atoms with E-state index in [1.54, 1.807) is 6.92 Å². The van der Waals surface area contributed by atoms with Crippen LogP contribution in [0.2, 0.25) is 5.02 Å². The molecule has 3 N–H and O–H groups in total. The monoisotopic (exact) mass is 229 g/mol. The second kappa shape index (κ2) is 5.00. The van der Waals surface area contributed by atoms with Crippen LogP contribution in [-0.4, -0.2) is 28.8 Å². The fraction of sp³-hybridized carbons (Fsp3) is 0.300. The highest BCUT2D eigenvalue weighted by atomic mass is 35.5. The Morgan fingerprint density at radius 2 is 2.27 bits per heavy atom. The van der Waals surface area contributed by atoms with Crippen molar-refractivity contribution in [1.29, 1.82) is 0 Å². The SMILES string of the molecule is CC(O)CNC(=O)c1cc(O)ccc1Cl. The van der Waals surface area contributed by atoms with Crippen molar-refractivity contribution in [3.05, 3.63) is 28.8 Å². The summed E-state index contributed by atoms with van der Waals surface area (Å²) < 4.78 is 0. The lowest BCUT2D eigenvalue weighted by molar-refractivity contribution is 0.0924. The van der Waals surface area contributed by atoms with Crippen molar-refractivity contribution in [3.8, 4) is 5.75 Å². The van der Waals surface area contributed by atoms with E-state index in [2.05, 4.69) is 5.32 Å². The number of hydrogen-bond donors (Lipinski definition) is 3. The number of hydrogen-bond acceptors (Lipinski definition) is 3. The lowest BCUT2D eigenvalue weighted by atomic mass is 10.2. The summed E-state index contributed by atoms with van der Waals surface area (Å²) in [6.45, 7) is 1.70. The summed E-state index contributed by atoms with van der Waals surface area (Å²) in [5, 5.41) is 20.9. The van der Waals surface area contributed by atoms with Gasteiger partial charge in [-0.15, -0.1) is 0 Å². The van der Waals surface area contributed by atoms with E-state index in [-0.39, 0.29) is 22.9 Å². The van der Waals surface area contributed by atoms with Crippen molar-refractivity contribution in [2.24, 2.45) is 0 Å². The maximum atomic E-state index is 11.5. The molecule has 5 heteroatoms. The summed E-state index contributed by atoms with van der Waals surface area (Å²) in [7, 11) is 0. The van der Waals surface area contributed by atoms with Crippen LogP contribution in [0.1, 0.15) is 17.3 Å². The lowest BCUT2D eigenvalue weighted by Gasteiger charge is -2.08. The molecule has 82 valence electrons. The van der Waals surface area contributed by atoms with Crippen LogP contribution in [0.15, 0.2) is 18.2 Å². The number of halogens is 1. The van der Waals surface area contributed by atoms with E-state index in [1.807, 2.05) is 0 Å². The first-order valence-corrected chi connectivity index (χ1v) is 4.83. The van der Waals surface area contributed by atoms with Crippen LogP contribution in [0.25, 0.3) is 0 Å². The van der Waals surface area contributed by atoms with Gasteiger partial charge in [0.2, 0.25) is 0 Å². The van der Waals surface area contributed by atoms with Gasteiger partial charge in [0.25, 0.3) is 5.91 Å². The minimum Gasteiger partial charge on any atom is -0.508 e. The zero-order chi connectivity index (χ0) is 11.4. The largest absolute Gasteiger partial charge is 0.508 e. The molecule has 0 radical (unpaired) electrons. The first-order valence-electron chi connectivity index (χ1n) is 4.45. The van der Waals surface area contributed by atoms with E-state index in [0.717, 1.165) is 0 Å². The molecule has 1 aromatic carbocycles.